The number of rotatable bonds is 13. The molecule has 1 saturated heterocycles. The average molecular weight is 744 g/mol. The van der Waals surface area contributed by atoms with E-state index in [0.29, 0.717) is 61.9 Å². The van der Waals surface area contributed by atoms with Gasteiger partial charge >= 0.3 is 17.8 Å². The van der Waals surface area contributed by atoms with E-state index < -0.39 is 23.2 Å². The van der Waals surface area contributed by atoms with Crippen LogP contribution in [0.25, 0.3) is 11.4 Å². The van der Waals surface area contributed by atoms with Crippen LogP contribution in [0.1, 0.15) is 80.4 Å². The number of carbonyl (C=O) groups is 2. The van der Waals surface area contributed by atoms with Crippen molar-refractivity contribution in [2.45, 2.75) is 72.0 Å². The van der Waals surface area contributed by atoms with Gasteiger partial charge in [-0.2, -0.15) is 22.7 Å². The van der Waals surface area contributed by atoms with Crippen molar-refractivity contribution >= 4 is 46.1 Å². The first-order valence-corrected chi connectivity index (χ1v) is 17.8. The number of nitrogens with zero attached hydrogens (tertiary/aromatic N) is 7. The third-order valence-electron chi connectivity index (χ3n) is 8.91. The number of alkyl halides is 3. The average Bonchev–Trinajstić information content (AvgIpc) is 3.58. The van der Waals surface area contributed by atoms with Gasteiger partial charge in [0.2, 0.25) is 17.9 Å². The van der Waals surface area contributed by atoms with Crippen LogP contribution in [0.4, 0.5) is 24.5 Å². The van der Waals surface area contributed by atoms with Gasteiger partial charge in [-0.1, -0.05) is 57.7 Å². The lowest BCUT2D eigenvalue weighted by molar-refractivity contribution is -0.886. The molecule has 3 aromatic heterocycles. The Hall–Kier alpha value is -4.92. The Kier molecular flexibility index (Phi) is 12.2. The summed E-state index contributed by atoms with van der Waals surface area (Å²) in [4.78, 5) is 55.1. The molecule has 0 atom stereocenters. The summed E-state index contributed by atoms with van der Waals surface area (Å²) < 4.78 is 44.0. The number of hydrogen-bond acceptors (Lipinski definition) is 7. The van der Waals surface area contributed by atoms with E-state index in [1.165, 1.54) is 16.4 Å². The predicted octanol–water partition coefficient (Wildman–Crippen LogP) is 5.45. The Bertz CT molecular complexity index is 2020. The molecule has 0 spiro atoms. The van der Waals surface area contributed by atoms with Crippen molar-refractivity contribution in [1.82, 2.24) is 24.1 Å². The number of piperazine rings is 1. The molecule has 1 aliphatic heterocycles. The van der Waals surface area contributed by atoms with Crippen LogP contribution in [0.5, 0.6) is 0 Å². The summed E-state index contributed by atoms with van der Waals surface area (Å²) in [5.41, 5.74) is 0.778. The lowest BCUT2D eigenvalue weighted by atomic mass is 10.1. The number of fused-ring (bicyclic) bond motifs is 1. The van der Waals surface area contributed by atoms with Crippen molar-refractivity contribution in [2.75, 3.05) is 43.5 Å². The van der Waals surface area contributed by atoms with Crippen molar-refractivity contribution < 1.29 is 32.3 Å². The van der Waals surface area contributed by atoms with E-state index in [1.807, 2.05) is 18.7 Å². The Balaban J connectivity index is 1.54. The molecule has 0 aliphatic carbocycles. The molecule has 1 N–H and O–H groups in total. The Morgan fingerprint density at radius 1 is 1.08 bits per heavy atom. The van der Waals surface area contributed by atoms with Crippen molar-refractivity contribution in [3.63, 3.8) is 0 Å². The molecule has 16 heteroatoms. The number of amides is 2. The van der Waals surface area contributed by atoms with E-state index in [2.05, 4.69) is 23.4 Å². The normalized spacial score (nSPS) is 13.9. The number of benzene rings is 1. The number of aromatic nitrogens is 5. The van der Waals surface area contributed by atoms with Crippen molar-refractivity contribution in [3.05, 3.63) is 86.8 Å². The summed E-state index contributed by atoms with van der Waals surface area (Å²) >= 11 is 6.16. The first-order chi connectivity index (χ1) is 24.9. The number of anilines is 2. The second kappa shape index (κ2) is 16.6. The van der Waals surface area contributed by atoms with Crippen LogP contribution in [0.2, 0.25) is 5.02 Å². The first-order valence-electron chi connectivity index (χ1n) is 17.4. The predicted molar refractivity (Wildman–Crippen MR) is 191 cm³/mol. The van der Waals surface area contributed by atoms with Crippen LogP contribution in [-0.2, 0) is 23.9 Å². The summed E-state index contributed by atoms with van der Waals surface area (Å²) in [7, 11) is 1.47. The first kappa shape index (κ1) is 38.3. The summed E-state index contributed by atoms with van der Waals surface area (Å²) in [6.45, 7) is 6.96. The van der Waals surface area contributed by atoms with Gasteiger partial charge in [-0.15, -0.1) is 5.10 Å². The second-order valence-corrected chi connectivity index (χ2v) is 12.8. The van der Waals surface area contributed by atoms with Crippen LogP contribution < -0.4 is 25.3 Å². The topological polar surface area (TPSA) is 118 Å². The van der Waals surface area contributed by atoms with Gasteiger partial charge in [0.05, 0.1) is 22.0 Å². The minimum Gasteiger partial charge on any atom is -0.362 e. The highest BCUT2D eigenvalue weighted by Crippen LogP contribution is 2.34. The largest absolute Gasteiger partial charge is 0.416 e. The summed E-state index contributed by atoms with van der Waals surface area (Å²) in [5.74, 6) is -0.259. The van der Waals surface area contributed by atoms with Gasteiger partial charge < -0.3 is 19.7 Å². The van der Waals surface area contributed by atoms with E-state index in [1.54, 1.807) is 33.9 Å². The van der Waals surface area contributed by atoms with Gasteiger partial charge in [-0.05, 0) is 49.1 Å². The minimum absolute atomic E-state index is 0.00949. The zero-order valence-electron chi connectivity index (χ0n) is 29.7. The van der Waals surface area contributed by atoms with Gasteiger partial charge in [0.1, 0.15) is 19.3 Å². The van der Waals surface area contributed by atoms with Crippen LogP contribution in [0, 0.1) is 0 Å². The third-order valence-corrected chi connectivity index (χ3v) is 9.22. The highest BCUT2D eigenvalue weighted by Gasteiger charge is 2.33. The molecule has 12 nitrogen and oxygen atoms in total. The maximum absolute atomic E-state index is 14.3. The van der Waals surface area contributed by atoms with Crippen molar-refractivity contribution in [2.24, 2.45) is 0 Å². The molecule has 2 amide bonds. The number of carbonyl (C=O) groups excluding carboxylic acids is 2. The molecule has 4 heterocycles. The summed E-state index contributed by atoms with van der Waals surface area (Å²) in [6.07, 6.45) is 3.81. The maximum atomic E-state index is 14.3. The highest BCUT2D eigenvalue weighted by molar-refractivity contribution is 6.33. The zero-order chi connectivity index (χ0) is 37.6. The summed E-state index contributed by atoms with van der Waals surface area (Å²) in [6, 6.07) is 7.89. The van der Waals surface area contributed by atoms with E-state index >= 15 is 0 Å². The number of halogens is 4. The lowest BCUT2D eigenvalue weighted by Crippen LogP contribution is -2.54. The number of pyridine rings is 1. The van der Waals surface area contributed by atoms with Crippen LogP contribution in [-0.4, -0.2) is 69.2 Å². The van der Waals surface area contributed by atoms with Crippen molar-refractivity contribution in [1.29, 1.82) is 0 Å². The van der Waals surface area contributed by atoms with E-state index in [4.69, 9.17) is 21.4 Å². The highest BCUT2D eigenvalue weighted by atomic mass is 35.5. The molecule has 0 radical (unpaired) electrons. The molecular formula is C36H43ClF3N8O4+. The Morgan fingerprint density at radius 3 is 2.46 bits per heavy atom. The number of hydrogen-bond donors (Lipinski definition) is 1. The molecular weight excluding hydrogens is 701 g/mol. The van der Waals surface area contributed by atoms with Gasteiger partial charge in [0.15, 0.2) is 5.82 Å². The molecule has 0 saturated carbocycles. The van der Waals surface area contributed by atoms with Gasteiger partial charge in [-0.3, -0.25) is 19.2 Å². The molecule has 5 rings (SSSR count). The molecule has 1 fully saturated rings. The molecule has 0 bridgehead atoms. The van der Waals surface area contributed by atoms with Gasteiger partial charge in [-0.25, -0.2) is 0 Å². The lowest BCUT2D eigenvalue weighted by Gasteiger charge is -2.36. The van der Waals surface area contributed by atoms with E-state index in [-0.39, 0.29) is 28.9 Å². The zero-order valence-corrected chi connectivity index (χ0v) is 30.4. The molecule has 1 aromatic carbocycles. The third kappa shape index (κ3) is 8.24. The molecule has 52 heavy (non-hydrogen) atoms. The molecule has 1 aliphatic rings. The van der Waals surface area contributed by atoms with Crippen LogP contribution in [0.15, 0.2) is 53.5 Å². The van der Waals surface area contributed by atoms with Gasteiger partial charge in [0.25, 0.3) is 5.56 Å². The molecule has 0 unspecified atom stereocenters. The fraction of sp³-hybridized carbons (Fsp3) is 0.444. The number of allylic oxidation sites excluding steroid dienone is 2. The standard InChI is InChI=1S/C36H42ClF3N8O4/c1-5-8-9-13-24(12-6-2)32-42-35-46(23-30(49)41-27-16-15-25(22-26(27)37)36(38,39)40)28(7-3)31(34(51)48(35)43-32)44-18-20-45(21-19-44)33(50)29-14-10-11-17-47(29)52-4/h10-11,13-17,22H,5-9,12,18-21,23H2,1-4H3/p+1/b24-13+. The number of nitrogens with one attached hydrogen (secondary N) is 1. The Morgan fingerprint density at radius 2 is 1.83 bits per heavy atom. The monoisotopic (exact) mass is 743 g/mol. The van der Waals surface area contributed by atoms with Crippen LogP contribution in [0.3, 0.4) is 0 Å². The van der Waals surface area contributed by atoms with Gasteiger partial charge in [0, 0.05) is 43.0 Å². The fourth-order valence-corrected chi connectivity index (χ4v) is 6.52. The fourth-order valence-electron chi connectivity index (χ4n) is 6.29. The number of unbranched alkanes of at least 4 members (excludes halogenated alkanes) is 2. The maximum Gasteiger partial charge on any atom is 0.416 e. The van der Waals surface area contributed by atoms with Crippen molar-refractivity contribution in [3.8, 4) is 0 Å². The quantitative estimate of drug-likeness (QED) is 0.143. The molecule has 4 aromatic rings. The van der Waals surface area contributed by atoms with Crippen LogP contribution >= 0.6 is 11.6 Å². The van der Waals surface area contributed by atoms with E-state index in [0.717, 1.165) is 49.5 Å². The molecule has 278 valence electrons. The Labute approximate surface area is 304 Å². The summed E-state index contributed by atoms with van der Waals surface area (Å²) in [5, 5.41) is 7.03. The second-order valence-electron chi connectivity index (χ2n) is 12.4. The SMILES string of the molecule is CCCC/C=C(\CCC)c1nc2n(CC(=O)Nc3ccc(C(F)(F)F)cc3Cl)c(CC)c(N3CCN(C(=O)c4cccc[n+]4OC)CC3)c(=O)n2n1. The smallest absolute Gasteiger partial charge is 0.362 e. The van der Waals surface area contributed by atoms with E-state index in [9.17, 15) is 27.6 Å². The minimum atomic E-state index is -4.60.